The molecule has 3 aromatic rings. The second-order valence-corrected chi connectivity index (χ2v) is 7.91. The predicted octanol–water partition coefficient (Wildman–Crippen LogP) is -0.986. The number of fused-ring (bicyclic) bond motifs is 2. The largest absolute Gasteiger partial charge is 1.00 e. The number of hydrogen-bond acceptors (Lipinski definition) is 6. The molecule has 0 saturated carbocycles. The van der Waals surface area contributed by atoms with Gasteiger partial charge in [-0.15, -0.1) is 0 Å². The topological polar surface area (TPSA) is 149 Å². The van der Waals surface area contributed by atoms with E-state index in [9.17, 15) is 27.0 Å². The standard InChI is InChI=1S/C14H10O8S2.Na.H/c15-13-9-3-1-7(23(17,18)19)5-11(9)14(16)10-4-2-8(6-12(10)13)24(20,21)22;;/h1-6,15-16H,(H,17,18,19)(H,20,21,22);;/q;+1;-1. The molecule has 0 saturated heterocycles. The van der Waals surface area contributed by atoms with Crippen molar-refractivity contribution in [1.82, 2.24) is 0 Å². The van der Waals surface area contributed by atoms with Crippen LogP contribution in [0.1, 0.15) is 1.43 Å². The Labute approximate surface area is 166 Å². The van der Waals surface area contributed by atoms with Crippen LogP contribution in [0.15, 0.2) is 46.2 Å². The molecular weight excluding hydrogens is 383 g/mol. The summed E-state index contributed by atoms with van der Waals surface area (Å²) in [5.41, 5.74) is 0. The zero-order valence-electron chi connectivity index (χ0n) is 13.7. The smallest absolute Gasteiger partial charge is 1.00 e. The maximum Gasteiger partial charge on any atom is 1.00 e. The molecule has 0 aliphatic carbocycles. The van der Waals surface area contributed by atoms with Crippen LogP contribution in [-0.4, -0.2) is 36.2 Å². The second-order valence-electron chi connectivity index (χ2n) is 5.06. The Hall–Kier alpha value is -1.40. The quantitative estimate of drug-likeness (QED) is 0.187. The summed E-state index contributed by atoms with van der Waals surface area (Å²) < 4.78 is 63.0. The summed E-state index contributed by atoms with van der Waals surface area (Å²) in [6.07, 6.45) is 0. The minimum absolute atomic E-state index is 0. The van der Waals surface area contributed by atoms with E-state index >= 15 is 0 Å². The van der Waals surface area contributed by atoms with Crippen molar-refractivity contribution in [3.8, 4) is 11.5 Å². The number of rotatable bonds is 2. The monoisotopic (exact) mass is 394 g/mol. The van der Waals surface area contributed by atoms with Crippen LogP contribution in [0.3, 0.4) is 0 Å². The molecule has 3 rings (SSSR count). The fourth-order valence-corrected chi connectivity index (χ4v) is 3.48. The van der Waals surface area contributed by atoms with E-state index in [2.05, 4.69) is 0 Å². The van der Waals surface area contributed by atoms with Gasteiger partial charge in [-0.2, -0.15) is 16.8 Å². The second kappa shape index (κ2) is 6.40. The summed E-state index contributed by atoms with van der Waals surface area (Å²) in [5.74, 6) is -0.824. The molecule has 0 spiro atoms. The van der Waals surface area contributed by atoms with Gasteiger partial charge in [-0.1, -0.05) is 0 Å². The molecular formula is C14H11NaO8S2. The third-order valence-electron chi connectivity index (χ3n) is 3.60. The molecule has 0 unspecified atom stereocenters. The van der Waals surface area contributed by atoms with Crippen molar-refractivity contribution in [1.29, 1.82) is 0 Å². The van der Waals surface area contributed by atoms with Crippen molar-refractivity contribution < 1.29 is 67.1 Å². The first kappa shape index (κ1) is 19.9. The van der Waals surface area contributed by atoms with E-state index in [1.807, 2.05) is 0 Å². The van der Waals surface area contributed by atoms with Crippen LogP contribution in [0.2, 0.25) is 0 Å². The molecule has 0 fully saturated rings. The number of phenolic OH excluding ortho intramolecular Hbond substituents is 2. The summed E-state index contributed by atoms with van der Waals surface area (Å²) in [5, 5.41) is 20.6. The van der Waals surface area contributed by atoms with Crippen molar-refractivity contribution in [3.05, 3.63) is 36.4 Å². The third kappa shape index (κ3) is 3.47. The molecule has 128 valence electrons. The molecule has 0 aliphatic heterocycles. The Morgan fingerprint density at radius 3 is 1.24 bits per heavy atom. The molecule has 11 heteroatoms. The number of phenols is 2. The molecule has 0 aliphatic rings. The molecule has 0 atom stereocenters. The van der Waals surface area contributed by atoms with Gasteiger partial charge in [0.15, 0.2) is 0 Å². The third-order valence-corrected chi connectivity index (χ3v) is 5.30. The molecule has 4 N–H and O–H groups in total. The molecule has 0 heterocycles. The summed E-state index contributed by atoms with van der Waals surface area (Å²) in [6.45, 7) is 0. The van der Waals surface area contributed by atoms with E-state index in [1.54, 1.807) is 0 Å². The van der Waals surface area contributed by atoms with Crippen molar-refractivity contribution in [3.63, 3.8) is 0 Å². The number of hydrogen-bond donors (Lipinski definition) is 4. The first-order valence-electron chi connectivity index (χ1n) is 6.36. The maximum atomic E-state index is 11.2. The zero-order valence-corrected chi connectivity index (χ0v) is 16.3. The van der Waals surface area contributed by atoms with Crippen LogP contribution in [-0.2, 0) is 20.2 Å². The molecule has 0 amide bonds. The minimum atomic E-state index is -4.51. The Kier molecular flexibility index (Phi) is 5.10. The summed E-state index contributed by atoms with van der Waals surface area (Å²) in [7, 11) is -9.02. The van der Waals surface area contributed by atoms with Crippen molar-refractivity contribution >= 4 is 41.8 Å². The van der Waals surface area contributed by atoms with Crippen LogP contribution in [0.25, 0.3) is 21.5 Å². The Morgan fingerprint density at radius 1 is 0.640 bits per heavy atom. The van der Waals surface area contributed by atoms with Crippen molar-refractivity contribution in [2.75, 3.05) is 0 Å². The zero-order chi connectivity index (χ0) is 17.9. The summed E-state index contributed by atoms with van der Waals surface area (Å²) in [4.78, 5) is -0.947. The van der Waals surface area contributed by atoms with Crippen LogP contribution in [0.4, 0.5) is 0 Å². The van der Waals surface area contributed by atoms with Gasteiger partial charge in [-0.3, -0.25) is 9.11 Å². The van der Waals surface area contributed by atoms with Gasteiger partial charge in [-0.05, 0) is 36.4 Å². The van der Waals surface area contributed by atoms with Crippen molar-refractivity contribution in [2.24, 2.45) is 0 Å². The Bertz CT molecular complexity index is 1130. The SMILES string of the molecule is O=S(=O)(O)c1ccc2c(O)c3cc(S(=O)(=O)O)ccc3c(O)c2c1.[H-].[Na+]. The van der Waals surface area contributed by atoms with Gasteiger partial charge in [0.25, 0.3) is 20.2 Å². The molecule has 0 radical (unpaired) electrons. The van der Waals surface area contributed by atoms with Gasteiger partial charge in [0.05, 0.1) is 9.79 Å². The fourth-order valence-electron chi connectivity index (χ4n) is 2.46. The average Bonchev–Trinajstić information content (AvgIpc) is 2.49. The van der Waals surface area contributed by atoms with Crippen molar-refractivity contribution in [2.45, 2.75) is 9.79 Å². The summed E-state index contributed by atoms with van der Waals surface area (Å²) in [6, 6.07) is 6.33. The first-order valence-corrected chi connectivity index (χ1v) is 9.24. The van der Waals surface area contributed by atoms with E-state index in [-0.39, 0.29) is 52.5 Å². The van der Waals surface area contributed by atoms with Gasteiger partial charge in [0, 0.05) is 21.5 Å². The normalized spacial score (nSPS) is 12.2. The van der Waals surface area contributed by atoms with Gasteiger partial charge >= 0.3 is 29.6 Å². The van der Waals surface area contributed by atoms with Gasteiger partial charge < -0.3 is 11.6 Å². The molecule has 0 aromatic heterocycles. The van der Waals surface area contributed by atoms with E-state index in [0.29, 0.717) is 0 Å². The van der Waals surface area contributed by atoms with E-state index in [1.165, 1.54) is 0 Å². The summed E-state index contributed by atoms with van der Waals surface area (Å²) >= 11 is 0. The van der Waals surface area contributed by atoms with Crippen LogP contribution >= 0.6 is 0 Å². The molecule has 3 aromatic carbocycles. The Morgan fingerprint density at radius 2 is 0.960 bits per heavy atom. The molecule has 0 bridgehead atoms. The Balaban J connectivity index is 0.00000169. The van der Waals surface area contributed by atoms with Crippen LogP contribution < -0.4 is 29.6 Å². The first-order chi connectivity index (χ1) is 11.0. The minimum Gasteiger partial charge on any atom is -1.00 e. The number of aromatic hydroxyl groups is 2. The number of benzene rings is 3. The maximum absolute atomic E-state index is 11.2. The van der Waals surface area contributed by atoms with Crippen LogP contribution in [0, 0.1) is 0 Å². The van der Waals surface area contributed by atoms with E-state index in [0.717, 1.165) is 36.4 Å². The predicted molar refractivity (Wildman–Crippen MR) is 85.5 cm³/mol. The molecule has 8 nitrogen and oxygen atoms in total. The van der Waals surface area contributed by atoms with E-state index < -0.39 is 41.5 Å². The molecule has 25 heavy (non-hydrogen) atoms. The van der Waals surface area contributed by atoms with E-state index in [4.69, 9.17) is 9.11 Å². The van der Waals surface area contributed by atoms with Crippen LogP contribution in [0.5, 0.6) is 11.5 Å². The van der Waals surface area contributed by atoms with Gasteiger partial charge in [0.2, 0.25) is 0 Å². The van der Waals surface area contributed by atoms with Gasteiger partial charge in [0.1, 0.15) is 11.5 Å². The average molecular weight is 394 g/mol. The van der Waals surface area contributed by atoms with Gasteiger partial charge in [-0.25, -0.2) is 0 Å². The fraction of sp³-hybridized carbons (Fsp3) is 0.